The third-order valence-electron chi connectivity index (χ3n) is 3.88. The van der Waals surface area contributed by atoms with Crippen molar-refractivity contribution in [3.05, 3.63) is 84.8 Å². The molecule has 3 rings (SSSR count). The van der Waals surface area contributed by atoms with Crippen molar-refractivity contribution in [2.24, 2.45) is 0 Å². The number of H-pyrrole nitrogens is 1. The van der Waals surface area contributed by atoms with Crippen molar-refractivity contribution in [3.8, 4) is 5.75 Å². The summed E-state index contributed by atoms with van der Waals surface area (Å²) in [6.07, 6.45) is 1.14. The van der Waals surface area contributed by atoms with E-state index >= 15 is 0 Å². The molecule has 2 heterocycles. The maximum Gasteiger partial charge on any atom is 0.328 e. The van der Waals surface area contributed by atoms with Gasteiger partial charge in [-0.3, -0.25) is 14.2 Å². The van der Waals surface area contributed by atoms with Crippen LogP contribution < -0.4 is 21.3 Å². The summed E-state index contributed by atoms with van der Waals surface area (Å²) in [4.78, 5) is 40.0. The summed E-state index contributed by atoms with van der Waals surface area (Å²) in [5.41, 5.74) is -0.147. The van der Waals surface area contributed by atoms with Gasteiger partial charge in [0.05, 0.1) is 13.1 Å². The molecule has 0 saturated carbocycles. The Morgan fingerprint density at radius 1 is 1.22 bits per heavy atom. The number of hydrogen-bond acceptors (Lipinski definition) is 5. The van der Waals surface area contributed by atoms with E-state index in [1.807, 2.05) is 48.7 Å². The number of nitrogens with zero attached hydrogens (tertiary/aromatic N) is 1. The number of carbonyl (C=O) groups is 1. The van der Waals surface area contributed by atoms with E-state index in [1.165, 1.54) is 11.3 Å². The van der Waals surface area contributed by atoms with Crippen molar-refractivity contribution < 1.29 is 9.53 Å². The van der Waals surface area contributed by atoms with E-state index in [2.05, 4.69) is 10.3 Å². The first-order valence-corrected chi connectivity index (χ1v) is 9.25. The van der Waals surface area contributed by atoms with Crippen LogP contribution >= 0.6 is 11.3 Å². The van der Waals surface area contributed by atoms with Crippen molar-refractivity contribution in [1.29, 1.82) is 0 Å². The topological polar surface area (TPSA) is 93.2 Å². The molecule has 0 aliphatic rings. The minimum atomic E-state index is -0.621. The summed E-state index contributed by atoms with van der Waals surface area (Å²) in [6.45, 7) is 2.61. The molecule has 1 amide bonds. The van der Waals surface area contributed by atoms with Gasteiger partial charge >= 0.3 is 5.69 Å². The Bertz CT molecular complexity index is 1020. The number of aromatic amines is 1. The Morgan fingerprint density at radius 3 is 2.70 bits per heavy atom. The molecule has 0 radical (unpaired) electrons. The molecule has 0 bridgehead atoms. The van der Waals surface area contributed by atoms with Crippen molar-refractivity contribution >= 4 is 17.2 Å². The van der Waals surface area contributed by atoms with E-state index in [0.717, 1.165) is 21.2 Å². The molecule has 3 aromatic rings. The van der Waals surface area contributed by atoms with Gasteiger partial charge < -0.3 is 15.0 Å². The molecule has 0 unspecified atom stereocenters. The maximum atomic E-state index is 12.5. The van der Waals surface area contributed by atoms with E-state index in [1.54, 1.807) is 0 Å². The van der Waals surface area contributed by atoms with Gasteiger partial charge in [0, 0.05) is 11.1 Å². The summed E-state index contributed by atoms with van der Waals surface area (Å²) in [5.74, 6) is 0.154. The Hall–Kier alpha value is -3.13. The number of hydrogen-bond donors (Lipinski definition) is 2. The highest BCUT2D eigenvalue weighted by atomic mass is 32.1. The van der Waals surface area contributed by atoms with Crippen LogP contribution in [0.15, 0.2) is 57.6 Å². The third-order valence-corrected chi connectivity index (χ3v) is 4.74. The van der Waals surface area contributed by atoms with Crippen molar-refractivity contribution in [3.63, 3.8) is 0 Å². The first kappa shape index (κ1) is 18.7. The predicted molar refractivity (Wildman–Crippen MR) is 104 cm³/mol. The lowest BCUT2D eigenvalue weighted by molar-refractivity contribution is 0.0944. The summed E-state index contributed by atoms with van der Waals surface area (Å²) < 4.78 is 6.55. The van der Waals surface area contributed by atoms with Crippen LogP contribution in [-0.4, -0.2) is 28.6 Å². The summed E-state index contributed by atoms with van der Waals surface area (Å²) in [7, 11) is 0. The molecule has 0 aliphatic carbocycles. The van der Waals surface area contributed by atoms with Crippen LogP contribution in [0.3, 0.4) is 0 Å². The Balaban J connectivity index is 1.61. The lowest BCUT2D eigenvalue weighted by Crippen LogP contribution is -2.41. The third kappa shape index (κ3) is 4.73. The molecule has 0 aliphatic heterocycles. The van der Waals surface area contributed by atoms with Crippen molar-refractivity contribution in [2.45, 2.75) is 13.5 Å². The number of thiophene rings is 1. The average Bonchev–Trinajstić information content (AvgIpc) is 3.17. The van der Waals surface area contributed by atoms with Gasteiger partial charge in [0.2, 0.25) is 0 Å². The number of rotatable bonds is 7. The molecular weight excluding hydrogens is 366 g/mol. The van der Waals surface area contributed by atoms with Gasteiger partial charge in [-0.1, -0.05) is 23.8 Å². The van der Waals surface area contributed by atoms with Crippen LogP contribution in [0, 0.1) is 6.92 Å². The molecule has 0 fully saturated rings. The first-order valence-electron chi connectivity index (χ1n) is 8.37. The molecule has 0 spiro atoms. The zero-order chi connectivity index (χ0) is 19.2. The zero-order valence-corrected chi connectivity index (χ0v) is 15.5. The number of amides is 1. The molecule has 8 heteroatoms. The van der Waals surface area contributed by atoms with E-state index < -0.39 is 17.2 Å². The summed E-state index contributed by atoms with van der Waals surface area (Å²) >= 11 is 1.44. The molecular formula is C19H19N3O4S. The summed E-state index contributed by atoms with van der Waals surface area (Å²) in [6, 6.07) is 11.2. The second-order valence-corrected chi connectivity index (χ2v) is 6.93. The monoisotopic (exact) mass is 385 g/mol. The SMILES string of the molecule is Cc1ccc(OCCNC(=O)c2c[nH]c(=O)n(Cc3cccs3)c2=O)cc1. The highest BCUT2D eigenvalue weighted by molar-refractivity contribution is 7.09. The Labute approximate surface area is 159 Å². The number of carbonyl (C=O) groups excluding carboxylic acids is 1. The molecule has 1 aromatic carbocycles. The normalized spacial score (nSPS) is 10.6. The van der Waals surface area contributed by atoms with Gasteiger partial charge in [-0.2, -0.15) is 0 Å². The molecule has 7 nitrogen and oxygen atoms in total. The van der Waals surface area contributed by atoms with Gasteiger partial charge in [0.15, 0.2) is 0 Å². The van der Waals surface area contributed by atoms with Gasteiger partial charge in [-0.05, 0) is 30.5 Å². The smallest absolute Gasteiger partial charge is 0.328 e. The molecule has 2 N–H and O–H groups in total. The number of nitrogens with one attached hydrogen (secondary N) is 2. The van der Waals surface area contributed by atoms with Crippen LogP contribution in [0.2, 0.25) is 0 Å². The second-order valence-electron chi connectivity index (χ2n) is 5.90. The van der Waals surface area contributed by atoms with Crippen molar-refractivity contribution in [1.82, 2.24) is 14.9 Å². The highest BCUT2D eigenvalue weighted by Gasteiger charge is 2.15. The van der Waals surface area contributed by atoms with Gasteiger partial charge in [-0.15, -0.1) is 11.3 Å². The standard InChI is InChI=1S/C19H19N3O4S/c1-13-4-6-14(7-5-13)26-9-8-20-17(23)16-11-21-19(25)22(18(16)24)12-15-3-2-10-27-15/h2-7,10-11H,8-9,12H2,1H3,(H,20,23)(H,21,25). The molecule has 140 valence electrons. The Kier molecular flexibility index (Phi) is 5.87. The van der Waals surface area contributed by atoms with E-state index in [0.29, 0.717) is 5.75 Å². The fourth-order valence-corrected chi connectivity index (χ4v) is 3.13. The number of benzene rings is 1. The minimum Gasteiger partial charge on any atom is -0.492 e. The first-order chi connectivity index (χ1) is 13.0. The molecule has 0 atom stereocenters. The van der Waals surface area contributed by atoms with Gasteiger partial charge in [0.25, 0.3) is 11.5 Å². The summed E-state index contributed by atoms with van der Waals surface area (Å²) in [5, 5.41) is 4.49. The number of aromatic nitrogens is 2. The lowest BCUT2D eigenvalue weighted by Gasteiger charge is -2.09. The highest BCUT2D eigenvalue weighted by Crippen LogP contribution is 2.11. The quantitative estimate of drug-likeness (QED) is 0.606. The lowest BCUT2D eigenvalue weighted by atomic mass is 10.2. The largest absolute Gasteiger partial charge is 0.492 e. The van der Waals surface area contributed by atoms with Crippen molar-refractivity contribution in [2.75, 3.05) is 13.2 Å². The average molecular weight is 385 g/mol. The predicted octanol–water partition coefficient (Wildman–Crippen LogP) is 1.76. The fourth-order valence-electron chi connectivity index (χ4n) is 2.44. The maximum absolute atomic E-state index is 12.5. The van der Waals surface area contributed by atoms with Crippen LogP contribution in [0.4, 0.5) is 0 Å². The van der Waals surface area contributed by atoms with Gasteiger partial charge in [-0.25, -0.2) is 4.79 Å². The number of ether oxygens (including phenoxy) is 1. The Morgan fingerprint density at radius 2 is 2.00 bits per heavy atom. The second kappa shape index (κ2) is 8.50. The van der Waals surface area contributed by atoms with E-state index in [-0.39, 0.29) is 25.3 Å². The van der Waals surface area contributed by atoms with E-state index in [9.17, 15) is 14.4 Å². The van der Waals surface area contributed by atoms with Crippen LogP contribution in [0.5, 0.6) is 5.75 Å². The fraction of sp³-hybridized carbons (Fsp3) is 0.211. The van der Waals surface area contributed by atoms with E-state index in [4.69, 9.17) is 4.74 Å². The van der Waals surface area contributed by atoms with Crippen LogP contribution in [-0.2, 0) is 6.54 Å². The van der Waals surface area contributed by atoms with Crippen LogP contribution in [0.1, 0.15) is 20.8 Å². The molecule has 0 saturated heterocycles. The zero-order valence-electron chi connectivity index (χ0n) is 14.7. The van der Waals surface area contributed by atoms with Crippen LogP contribution in [0.25, 0.3) is 0 Å². The van der Waals surface area contributed by atoms with Gasteiger partial charge in [0.1, 0.15) is 17.9 Å². The number of aryl methyl sites for hydroxylation is 1. The molecule has 2 aromatic heterocycles. The molecule has 27 heavy (non-hydrogen) atoms. The minimum absolute atomic E-state index is 0.110.